The third kappa shape index (κ3) is 2.82. The van der Waals surface area contributed by atoms with Crippen LogP contribution in [0.5, 0.6) is 11.5 Å². The Kier molecular flexibility index (Phi) is 4.19. The summed E-state index contributed by atoms with van der Waals surface area (Å²) >= 11 is 8.82. The largest absolute Gasteiger partial charge is 0.451 e. The Morgan fingerprint density at radius 3 is 2.56 bits per heavy atom. The summed E-state index contributed by atoms with van der Waals surface area (Å²) in [5, 5.41) is 0. The predicted molar refractivity (Wildman–Crippen MR) is 70.1 cm³/mol. The van der Waals surface area contributed by atoms with E-state index in [0.717, 1.165) is 0 Å². The molecule has 0 aliphatic carbocycles. The van der Waals surface area contributed by atoms with Crippen LogP contribution in [-0.4, -0.2) is 0 Å². The molecule has 0 saturated carbocycles. The van der Waals surface area contributed by atoms with Crippen LogP contribution >= 0.6 is 27.5 Å². The van der Waals surface area contributed by atoms with Gasteiger partial charge in [-0.3, -0.25) is 0 Å². The molecule has 5 heteroatoms. The smallest absolute Gasteiger partial charge is 0.167 e. The molecule has 0 unspecified atom stereocenters. The number of benzene rings is 2. The Morgan fingerprint density at radius 1 is 1.11 bits per heavy atom. The fourth-order valence-electron chi connectivity index (χ4n) is 1.44. The molecule has 0 atom stereocenters. The van der Waals surface area contributed by atoms with Gasteiger partial charge in [0.2, 0.25) is 0 Å². The quantitative estimate of drug-likeness (QED) is 0.696. The van der Waals surface area contributed by atoms with Crippen molar-refractivity contribution in [2.24, 2.45) is 0 Å². The third-order valence-electron chi connectivity index (χ3n) is 2.30. The van der Waals surface area contributed by atoms with Crippen LogP contribution in [0.4, 0.5) is 8.78 Å². The van der Waals surface area contributed by atoms with Gasteiger partial charge in [0.05, 0.1) is 5.88 Å². The van der Waals surface area contributed by atoms with Crippen LogP contribution in [0.15, 0.2) is 40.9 Å². The van der Waals surface area contributed by atoms with Gasteiger partial charge in [0.1, 0.15) is 0 Å². The van der Waals surface area contributed by atoms with E-state index in [1.54, 1.807) is 12.1 Å². The lowest BCUT2D eigenvalue weighted by Gasteiger charge is -2.11. The summed E-state index contributed by atoms with van der Waals surface area (Å²) in [7, 11) is 0. The Hall–Kier alpha value is -1.13. The molecule has 0 N–H and O–H groups in total. The summed E-state index contributed by atoms with van der Waals surface area (Å²) in [5.74, 6) is -1.15. The summed E-state index contributed by atoms with van der Waals surface area (Å²) in [4.78, 5) is 0. The van der Waals surface area contributed by atoms with Crippen molar-refractivity contribution in [3.8, 4) is 11.5 Å². The van der Waals surface area contributed by atoms with Crippen molar-refractivity contribution < 1.29 is 13.5 Å². The maximum atomic E-state index is 13.6. The predicted octanol–water partition coefficient (Wildman–Crippen LogP) is 5.26. The van der Waals surface area contributed by atoms with Crippen molar-refractivity contribution >= 4 is 27.5 Å². The highest BCUT2D eigenvalue weighted by molar-refractivity contribution is 9.10. The fraction of sp³-hybridized carbons (Fsp3) is 0.0769. The normalized spacial score (nSPS) is 10.4. The summed E-state index contributed by atoms with van der Waals surface area (Å²) in [5.41, 5.74) is 0.471. The van der Waals surface area contributed by atoms with Gasteiger partial charge in [0.15, 0.2) is 23.1 Å². The van der Waals surface area contributed by atoms with Crippen molar-refractivity contribution in [2.45, 2.75) is 5.88 Å². The highest BCUT2D eigenvalue weighted by atomic mass is 79.9. The van der Waals surface area contributed by atoms with Crippen LogP contribution in [0.3, 0.4) is 0 Å². The molecule has 1 nitrogen and oxygen atoms in total. The first-order valence-electron chi connectivity index (χ1n) is 5.08. The van der Waals surface area contributed by atoms with Crippen molar-refractivity contribution in [3.05, 3.63) is 58.1 Å². The van der Waals surface area contributed by atoms with Crippen molar-refractivity contribution in [3.63, 3.8) is 0 Å². The maximum absolute atomic E-state index is 13.6. The van der Waals surface area contributed by atoms with E-state index in [9.17, 15) is 8.78 Å². The molecule has 0 aliphatic heterocycles. The van der Waals surface area contributed by atoms with Gasteiger partial charge in [0, 0.05) is 10.0 Å². The van der Waals surface area contributed by atoms with E-state index in [-0.39, 0.29) is 17.4 Å². The first-order chi connectivity index (χ1) is 8.61. The van der Waals surface area contributed by atoms with E-state index in [0.29, 0.717) is 10.0 Å². The van der Waals surface area contributed by atoms with Gasteiger partial charge in [-0.1, -0.05) is 28.1 Å². The van der Waals surface area contributed by atoms with Crippen LogP contribution in [0.25, 0.3) is 0 Å². The zero-order chi connectivity index (χ0) is 13.1. The highest BCUT2D eigenvalue weighted by Gasteiger charge is 2.12. The summed E-state index contributed by atoms with van der Waals surface area (Å²) in [6, 6.07) is 8.67. The lowest BCUT2D eigenvalue weighted by Crippen LogP contribution is -1.95. The standard InChI is InChI=1S/C13H8BrClF2O/c14-9-4-5-12(11(17)6-9)18-13-8(7-15)2-1-3-10(13)16/h1-6H,7H2. The molecule has 18 heavy (non-hydrogen) atoms. The fourth-order valence-corrected chi connectivity index (χ4v) is 1.98. The van der Waals surface area contributed by atoms with Gasteiger partial charge in [-0.05, 0) is 24.3 Å². The van der Waals surface area contributed by atoms with Crippen LogP contribution < -0.4 is 4.74 Å². The van der Waals surface area contributed by atoms with E-state index in [1.165, 1.54) is 24.3 Å². The molecule has 0 aliphatic rings. The van der Waals surface area contributed by atoms with Gasteiger partial charge in [0.25, 0.3) is 0 Å². The Balaban J connectivity index is 2.39. The number of hydrogen-bond donors (Lipinski definition) is 0. The number of ether oxygens (including phenoxy) is 1. The zero-order valence-electron chi connectivity index (χ0n) is 9.09. The van der Waals surface area contributed by atoms with Crippen LogP contribution in [-0.2, 0) is 5.88 Å². The lowest BCUT2D eigenvalue weighted by molar-refractivity contribution is 0.411. The molecular formula is C13H8BrClF2O. The molecular weight excluding hydrogens is 325 g/mol. The number of hydrogen-bond acceptors (Lipinski definition) is 1. The monoisotopic (exact) mass is 332 g/mol. The van der Waals surface area contributed by atoms with Crippen molar-refractivity contribution in [2.75, 3.05) is 0 Å². The molecule has 2 rings (SSSR count). The number of rotatable bonds is 3. The first-order valence-corrected chi connectivity index (χ1v) is 6.41. The molecule has 94 valence electrons. The van der Waals surface area contributed by atoms with Crippen LogP contribution in [0.2, 0.25) is 0 Å². The minimum Gasteiger partial charge on any atom is -0.451 e. The molecule has 2 aromatic rings. The maximum Gasteiger partial charge on any atom is 0.167 e. The van der Waals surface area contributed by atoms with E-state index in [2.05, 4.69) is 15.9 Å². The highest BCUT2D eigenvalue weighted by Crippen LogP contribution is 2.31. The average molecular weight is 334 g/mol. The Bertz CT molecular complexity index is 575. The Labute approximate surface area is 116 Å². The number of para-hydroxylation sites is 1. The second-order valence-corrected chi connectivity index (χ2v) is 4.72. The molecule has 0 aromatic heterocycles. The minimum atomic E-state index is -0.576. The lowest BCUT2D eigenvalue weighted by atomic mass is 10.2. The first kappa shape index (κ1) is 13.3. The molecule has 0 heterocycles. The topological polar surface area (TPSA) is 9.23 Å². The summed E-state index contributed by atoms with van der Waals surface area (Å²) < 4.78 is 33.1. The second-order valence-electron chi connectivity index (χ2n) is 3.54. The SMILES string of the molecule is Fc1cc(Br)ccc1Oc1c(F)cccc1CCl. The average Bonchev–Trinajstić information content (AvgIpc) is 2.34. The molecule has 0 radical (unpaired) electrons. The van der Waals surface area contributed by atoms with Crippen LogP contribution in [0.1, 0.15) is 5.56 Å². The minimum absolute atomic E-state index is 0.0466. The number of halogens is 4. The van der Waals surface area contributed by atoms with Gasteiger partial charge < -0.3 is 4.74 Å². The van der Waals surface area contributed by atoms with Gasteiger partial charge in [-0.2, -0.15) is 0 Å². The Morgan fingerprint density at radius 2 is 1.89 bits per heavy atom. The second kappa shape index (κ2) is 5.67. The molecule has 0 bridgehead atoms. The third-order valence-corrected chi connectivity index (χ3v) is 3.08. The molecule has 2 aromatic carbocycles. The molecule has 0 amide bonds. The molecule has 0 saturated heterocycles. The van der Waals surface area contributed by atoms with Gasteiger partial charge in [-0.15, -0.1) is 11.6 Å². The number of alkyl halides is 1. The molecule has 0 fully saturated rings. The van der Waals surface area contributed by atoms with E-state index < -0.39 is 11.6 Å². The van der Waals surface area contributed by atoms with E-state index >= 15 is 0 Å². The van der Waals surface area contributed by atoms with E-state index in [4.69, 9.17) is 16.3 Å². The van der Waals surface area contributed by atoms with Gasteiger partial charge >= 0.3 is 0 Å². The zero-order valence-corrected chi connectivity index (χ0v) is 11.4. The van der Waals surface area contributed by atoms with E-state index in [1.807, 2.05) is 0 Å². The van der Waals surface area contributed by atoms with Crippen LogP contribution in [0, 0.1) is 11.6 Å². The van der Waals surface area contributed by atoms with Crippen molar-refractivity contribution in [1.82, 2.24) is 0 Å². The molecule has 0 spiro atoms. The summed E-state index contributed by atoms with van der Waals surface area (Å²) in [6.07, 6.45) is 0. The van der Waals surface area contributed by atoms with Gasteiger partial charge in [-0.25, -0.2) is 8.78 Å². The van der Waals surface area contributed by atoms with Crippen molar-refractivity contribution in [1.29, 1.82) is 0 Å². The summed E-state index contributed by atoms with van der Waals surface area (Å²) in [6.45, 7) is 0.